The van der Waals surface area contributed by atoms with Gasteiger partial charge in [-0.2, -0.15) is 5.26 Å². The lowest BCUT2D eigenvalue weighted by molar-refractivity contribution is 0.208. The average molecular weight is 243 g/mol. The molecule has 1 atom stereocenters. The van der Waals surface area contributed by atoms with Gasteiger partial charge in [-0.25, -0.2) is 0 Å². The van der Waals surface area contributed by atoms with Crippen LogP contribution in [-0.4, -0.2) is 31.1 Å². The van der Waals surface area contributed by atoms with Crippen molar-refractivity contribution in [3.8, 4) is 6.07 Å². The molecule has 1 unspecified atom stereocenters. The summed E-state index contributed by atoms with van der Waals surface area (Å²) >= 11 is 0. The minimum absolute atomic E-state index is 0.424. The lowest BCUT2D eigenvalue weighted by Crippen LogP contribution is -2.37. The zero-order valence-corrected chi connectivity index (χ0v) is 11.2. The van der Waals surface area contributed by atoms with Crippen molar-refractivity contribution in [3.63, 3.8) is 0 Å². The fraction of sp³-hybridized carbons (Fsp3) is 0.533. The van der Waals surface area contributed by atoms with Gasteiger partial charge in [0.2, 0.25) is 0 Å². The van der Waals surface area contributed by atoms with Gasteiger partial charge in [-0.1, -0.05) is 12.1 Å². The molecule has 18 heavy (non-hydrogen) atoms. The number of benzene rings is 1. The molecular formula is C15H21N3. The maximum atomic E-state index is 9.08. The summed E-state index contributed by atoms with van der Waals surface area (Å²) in [4.78, 5) is 2.38. The molecule has 0 aromatic heterocycles. The number of nitrogens with zero attached hydrogens (tertiary/aromatic N) is 2. The third-order valence-corrected chi connectivity index (χ3v) is 3.90. The molecule has 3 nitrogen and oxygen atoms in total. The van der Waals surface area contributed by atoms with E-state index in [1.54, 1.807) is 0 Å². The summed E-state index contributed by atoms with van der Waals surface area (Å²) in [6.45, 7) is 4.58. The van der Waals surface area contributed by atoms with Crippen molar-refractivity contribution in [2.75, 3.05) is 25.5 Å². The quantitative estimate of drug-likeness (QED) is 0.887. The molecule has 2 rings (SSSR count). The van der Waals surface area contributed by atoms with E-state index < -0.39 is 0 Å². The number of likely N-dealkylation sites (tertiary alicyclic amines) is 1. The summed E-state index contributed by atoms with van der Waals surface area (Å²) in [6.07, 6.45) is 2.47. The van der Waals surface area contributed by atoms with Gasteiger partial charge < -0.3 is 10.2 Å². The summed E-state index contributed by atoms with van der Waals surface area (Å²) in [5, 5.41) is 12.6. The van der Waals surface area contributed by atoms with Crippen LogP contribution in [0.5, 0.6) is 0 Å². The van der Waals surface area contributed by atoms with Gasteiger partial charge in [-0.3, -0.25) is 0 Å². The van der Waals surface area contributed by atoms with Crippen LogP contribution in [0.1, 0.15) is 25.3 Å². The van der Waals surface area contributed by atoms with Crippen molar-refractivity contribution in [2.24, 2.45) is 5.92 Å². The van der Waals surface area contributed by atoms with E-state index in [4.69, 9.17) is 5.26 Å². The summed E-state index contributed by atoms with van der Waals surface area (Å²) < 4.78 is 0. The molecule has 0 saturated carbocycles. The second kappa shape index (κ2) is 5.88. The van der Waals surface area contributed by atoms with Crippen LogP contribution in [0, 0.1) is 17.2 Å². The summed E-state index contributed by atoms with van der Waals surface area (Å²) in [7, 11) is 2.18. The van der Waals surface area contributed by atoms with Crippen molar-refractivity contribution in [3.05, 3.63) is 29.8 Å². The van der Waals surface area contributed by atoms with E-state index in [0.29, 0.717) is 12.0 Å². The lowest BCUT2D eigenvalue weighted by atomic mass is 9.90. The highest BCUT2D eigenvalue weighted by molar-refractivity contribution is 5.57. The van der Waals surface area contributed by atoms with Crippen molar-refractivity contribution in [2.45, 2.75) is 25.8 Å². The van der Waals surface area contributed by atoms with Crippen LogP contribution in [0.2, 0.25) is 0 Å². The minimum Gasteiger partial charge on any atom is -0.381 e. The third-order valence-electron chi connectivity index (χ3n) is 3.90. The van der Waals surface area contributed by atoms with Crippen molar-refractivity contribution < 1.29 is 0 Å². The molecular weight excluding hydrogens is 222 g/mol. The first-order chi connectivity index (χ1) is 8.70. The van der Waals surface area contributed by atoms with Gasteiger partial charge in [0, 0.05) is 6.04 Å². The van der Waals surface area contributed by atoms with Gasteiger partial charge >= 0.3 is 0 Å². The van der Waals surface area contributed by atoms with Gasteiger partial charge in [0.05, 0.1) is 11.3 Å². The average Bonchev–Trinajstić information content (AvgIpc) is 2.40. The van der Waals surface area contributed by atoms with E-state index >= 15 is 0 Å². The lowest BCUT2D eigenvalue weighted by Gasteiger charge is -2.33. The van der Waals surface area contributed by atoms with Gasteiger partial charge in [-0.15, -0.1) is 0 Å². The van der Waals surface area contributed by atoms with Gasteiger partial charge in [0.1, 0.15) is 6.07 Å². The first-order valence-electron chi connectivity index (χ1n) is 6.65. The second-order valence-corrected chi connectivity index (χ2v) is 5.23. The van der Waals surface area contributed by atoms with Crippen molar-refractivity contribution in [1.29, 1.82) is 5.26 Å². The van der Waals surface area contributed by atoms with Crippen LogP contribution in [0.25, 0.3) is 0 Å². The van der Waals surface area contributed by atoms with Crippen LogP contribution in [0.15, 0.2) is 24.3 Å². The molecule has 0 spiro atoms. The Bertz CT molecular complexity index is 428. The number of anilines is 1. The molecule has 0 amide bonds. The van der Waals surface area contributed by atoms with Gasteiger partial charge in [0.25, 0.3) is 0 Å². The van der Waals surface area contributed by atoms with Crippen LogP contribution >= 0.6 is 0 Å². The van der Waals surface area contributed by atoms with E-state index in [1.807, 2.05) is 24.3 Å². The van der Waals surface area contributed by atoms with E-state index in [2.05, 4.69) is 30.3 Å². The van der Waals surface area contributed by atoms with Crippen LogP contribution in [0.4, 0.5) is 5.69 Å². The molecule has 1 aliphatic rings. The number of nitrogens with one attached hydrogen (secondary N) is 1. The summed E-state index contributed by atoms with van der Waals surface area (Å²) in [5.41, 5.74) is 1.70. The molecule has 1 N–H and O–H groups in total. The van der Waals surface area contributed by atoms with E-state index in [0.717, 1.165) is 11.3 Å². The molecule has 96 valence electrons. The van der Waals surface area contributed by atoms with E-state index in [-0.39, 0.29) is 0 Å². The number of rotatable bonds is 3. The molecule has 3 heteroatoms. The van der Waals surface area contributed by atoms with Crippen LogP contribution in [0.3, 0.4) is 0 Å². The highest BCUT2D eigenvalue weighted by atomic mass is 15.1. The Kier molecular flexibility index (Phi) is 4.22. The zero-order valence-electron chi connectivity index (χ0n) is 11.2. The number of hydrogen-bond donors (Lipinski definition) is 1. The third kappa shape index (κ3) is 3.02. The Morgan fingerprint density at radius 3 is 2.67 bits per heavy atom. The Balaban J connectivity index is 1.99. The first-order valence-corrected chi connectivity index (χ1v) is 6.65. The van der Waals surface area contributed by atoms with Crippen LogP contribution < -0.4 is 5.32 Å². The fourth-order valence-corrected chi connectivity index (χ4v) is 2.60. The molecule has 1 saturated heterocycles. The fourth-order valence-electron chi connectivity index (χ4n) is 2.60. The monoisotopic (exact) mass is 243 g/mol. The molecule has 1 aliphatic heterocycles. The van der Waals surface area contributed by atoms with Gasteiger partial charge in [0.15, 0.2) is 0 Å². The molecule has 0 aliphatic carbocycles. The Morgan fingerprint density at radius 2 is 2.00 bits per heavy atom. The molecule has 0 bridgehead atoms. The normalized spacial score (nSPS) is 19.2. The highest BCUT2D eigenvalue weighted by Crippen LogP contribution is 2.23. The molecule has 0 radical (unpaired) electrons. The number of hydrogen-bond acceptors (Lipinski definition) is 3. The van der Waals surface area contributed by atoms with Crippen molar-refractivity contribution >= 4 is 5.69 Å². The van der Waals surface area contributed by atoms with Gasteiger partial charge in [-0.05, 0) is 58.0 Å². The maximum Gasteiger partial charge on any atom is 0.101 e. The van der Waals surface area contributed by atoms with Crippen molar-refractivity contribution in [1.82, 2.24) is 4.90 Å². The maximum absolute atomic E-state index is 9.08. The highest BCUT2D eigenvalue weighted by Gasteiger charge is 2.22. The summed E-state index contributed by atoms with van der Waals surface area (Å²) in [5.74, 6) is 0.702. The number of piperidine rings is 1. The second-order valence-electron chi connectivity index (χ2n) is 5.23. The van der Waals surface area contributed by atoms with E-state index in [1.165, 1.54) is 25.9 Å². The Hall–Kier alpha value is -1.53. The zero-order chi connectivity index (χ0) is 13.0. The summed E-state index contributed by atoms with van der Waals surface area (Å²) in [6, 6.07) is 10.4. The topological polar surface area (TPSA) is 39.1 Å². The number of para-hydroxylation sites is 1. The molecule has 1 aromatic carbocycles. The smallest absolute Gasteiger partial charge is 0.101 e. The Morgan fingerprint density at radius 1 is 1.33 bits per heavy atom. The molecule has 1 heterocycles. The Labute approximate surface area is 109 Å². The predicted molar refractivity (Wildman–Crippen MR) is 74.5 cm³/mol. The largest absolute Gasteiger partial charge is 0.381 e. The van der Waals surface area contributed by atoms with Crippen LogP contribution in [-0.2, 0) is 0 Å². The minimum atomic E-state index is 0.424. The van der Waals surface area contributed by atoms with E-state index in [9.17, 15) is 0 Å². The standard InChI is InChI=1S/C15H21N3/c1-12(13-7-9-18(2)10-8-13)17-15-6-4-3-5-14(15)11-16/h3-6,12-13,17H,7-10H2,1-2H3. The number of nitriles is 1. The first kappa shape index (κ1) is 12.9. The molecule has 1 fully saturated rings. The molecule has 1 aromatic rings. The SMILES string of the molecule is CC(Nc1ccccc1C#N)C1CCN(C)CC1. The predicted octanol–water partition coefficient (Wildman–Crippen LogP) is 2.70.